The third kappa shape index (κ3) is 26.1. The van der Waals surface area contributed by atoms with Gasteiger partial charge < -0.3 is 31.1 Å². The number of unbranched alkanes of at least 4 members (excludes halogenated alkanes) is 2. The Morgan fingerprint density at radius 2 is 1.32 bits per heavy atom. The molecule has 17 nitrogen and oxygen atoms in total. The number of aliphatic carboxylic acids is 4. The summed E-state index contributed by atoms with van der Waals surface area (Å²) in [6, 6.07) is 14.8. The zero-order valence-electron chi connectivity index (χ0n) is 41.6. The number of carboxylic acid groups (broad SMARTS) is 4. The normalized spacial score (nSPS) is 16.0. The average Bonchev–Trinajstić information content (AvgIpc) is 3.31. The molecule has 3 atom stereocenters. The van der Waals surface area contributed by atoms with E-state index < -0.39 is 47.4 Å². The second kappa shape index (κ2) is 33.7. The van der Waals surface area contributed by atoms with E-state index >= 15 is 0 Å². The van der Waals surface area contributed by atoms with E-state index in [9.17, 15) is 58.8 Å². The van der Waals surface area contributed by atoms with Gasteiger partial charge in [-0.3, -0.25) is 53.1 Å². The minimum atomic E-state index is -1.07. The Labute approximate surface area is 438 Å². The maximum absolute atomic E-state index is 13.6. The van der Waals surface area contributed by atoms with Crippen LogP contribution in [0.1, 0.15) is 105 Å². The van der Waals surface area contributed by atoms with Crippen LogP contribution in [0, 0.1) is 17.8 Å². The fourth-order valence-corrected chi connectivity index (χ4v) is 9.58. The number of carbonyl (C=O) groups is 8. The number of thioether (sulfide) groups is 1. The second-order valence-corrected chi connectivity index (χ2v) is 20.9. The number of Topliss-reactive ketones (excluding diaryl/α,β-unsaturated/α-hetero) is 3. The first-order valence-corrected chi connectivity index (χ1v) is 26.9. The van der Waals surface area contributed by atoms with Gasteiger partial charge in [0.15, 0.2) is 11.6 Å². The SMILES string of the molecule is CSCC[C@H](CC(=O)c1cccc(CCC(=O)CN2CCC(CC(=O)O)CCN(CC(=O)O)CCN(CC(=O)O)CC2)c1)C(=O)NCC(=O)C[C@@H](CCCCCC(=S)Cc1ccc(NC(C)=S)cc1)C(=O)O. The van der Waals surface area contributed by atoms with E-state index in [2.05, 4.69) is 10.6 Å². The van der Waals surface area contributed by atoms with E-state index in [1.807, 2.05) is 48.4 Å². The molecule has 1 unspecified atom stereocenters. The molecule has 0 saturated carbocycles. The van der Waals surface area contributed by atoms with Crippen LogP contribution in [0.3, 0.4) is 0 Å². The lowest BCUT2D eigenvalue weighted by Gasteiger charge is -2.31. The van der Waals surface area contributed by atoms with Gasteiger partial charge in [-0.15, -0.1) is 0 Å². The van der Waals surface area contributed by atoms with Crippen LogP contribution in [0.4, 0.5) is 5.69 Å². The molecule has 0 spiro atoms. The fourth-order valence-electron chi connectivity index (χ4n) is 8.63. The Bertz CT molecular complexity index is 2130. The van der Waals surface area contributed by atoms with Gasteiger partial charge in [0.25, 0.3) is 0 Å². The number of carboxylic acids is 4. The summed E-state index contributed by atoms with van der Waals surface area (Å²) in [4.78, 5) is 107. The van der Waals surface area contributed by atoms with Gasteiger partial charge in [0.05, 0.1) is 37.1 Å². The fraction of sp³-hybridized carbons (Fsp3) is 0.577. The molecule has 20 heteroatoms. The van der Waals surface area contributed by atoms with E-state index in [-0.39, 0.29) is 82.4 Å². The van der Waals surface area contributed by atoms with Crippen molar-refractivity contribution in [2.45, 2.75) is 96.8 Å². The Balaban J connectivity index is 1.51. The standard InChI is InChI=1S/C52H73N5O12S3/c1-36(70)54-43-14-11-38(12-15-43)28-46(71)10-5-3-4-8-42(52(68)69)30-45(59)32-53-51(67)41(19-26-72-2)31-47(60)40-9-6-7-37(27-40)13-16-44(58)33-55-20-17-39(29-48(61)62)18-21-56(34-49(63)64)23-25-57(24-22-55)35-50(65)66/h6-7,9,11-12,14-15,27,39,41-42H,3-5,8,10,13,16-26,28-35H2,1-2H3,(H,53,67)(H,54,70)(H,61,62)(H,63,64)(H,65,66)(H,68,69)/t39?,41-,42-/m1/s1. The maximum Gasteiger partial charge on any atom is 0.317 e. The van der Waals surface area contributed by atoms with Gasteiger partial charge in [-0.2, -0.15) is 11.8 Å². The molecule has 3 rings (SSSR count). The summed E-state index contributed by atoms with van der Waals surface area (Å²) in [5.74, 6) is -6.63. The Morgan fingerprint density at radius 1 is 0.694 bits per heavy atom. The van der Waals surface area contributed by atoms with Crippen LogP contribution in [0.2, 0.25) is 0 Å². The number of rotatable bonds is 32. The van der Waals surface area contributed by atoms with Crippen LogP contribution in [0.5, 0.6) is 0 Å². The highest BCUT2D eigenvalue weighted by Crippen LogP contribution is 2.21. The van der Waals surface area contributed by atoms with Crippen molar-refractivity contribution in [1.82, 2.24) is 20.0 Å². The maximum atomic E-state index is 13.6. The van der Waals surface area contributed by atoms with E-state index in [0.717, 1.165) is 40.9 Å². The first-order valence-electron chi connectivity index (χ1n) is 24.7. The molecule has 396 valence electrons. The van der Waals surface area contributed by atoms with Crippen molar-refractivity contribution in [3.8, 4) is 0 Å². The zero-order valence-corrected chi connectivity index (χ0v) is 44.1. The van der Waals surface area contributed by atoms with Crippen LogP contribution in [-0.2, 0) is 46.4 Å². The molecule has 0 aliphatic carbocycles. The van der Waals surface area contributed by atoms with E-state index in [1.54, 1.807) is 28.0 Å². The molecule has 1 heterocycles. The first kappa shape index (κ1) is 61.3. The van der Waals surface area contributed by atoms with Gasteiger partial charge in [-0.05, 0) is 117 Å². The van der Waals surface area contributed by atoms with E-state index in [4.69, 9.17) is 24.4 Å². The molecule has 0 aromatic heterocycles. The third-order valence-electron chi connectivity index (χ3n) is 12.6. The molecular formula is C52H73N5O12S3. The topological polar surface area (TPSA) is 251 Å². The number of nitrogens with one attached hydrogen (secondary N) is 2. The monoisotopic (exact) mass is 1060 g/mol. The Hall–Kier alpha value is -4.99. The lowest BCUT2D eigenvalue weighted by molar-refractivity contribution is -0.144. The van der Waals surface area contributed by atoms with Crippen molar-refractivity contribution in [3.63, 3.8) is 0 Å². The highest BCUT2D eigenvalue weighted by molar-refractivity contribution is 7.98. The number of nitrogens with zero attached hydrogens (tertiary/aromatic N) is 3. The van der Waals surface area contributed by atoms with Gasteiger partial charge in [-0.1, -0.05) is 67.6 Å². The van der Waals surface area contributed by atoms with Crippen LogP contribution in [0.25, 0.3) is 0 Å². The predicted molar refractivity (Wildman–Crippen MR) is 286 cm³/mol. The van der Waals surface area contributed by atoms with E-state index in [0.29, 0.717) is 87.4 Å². The van der Waals surface area contributed by atoms with Gasteiger partial charge in [0.2, 0.25) is 5.91 Å². The number of aryl methyl sites for hydroxylation is 1. The van der Waals surface area contributed by atoms with Crippen molar-refractivity contribution in [2.75, 3.05) is 82.8 Å². The highest BCUT2D eigenvalue weighted by Gasteiger charge is 2.26. The molecular weight excluding hydrogens is 983 g/mol. The van der Waals surface area contributed by atoms with Crippen LogP contribution in [-0.4, -0.2) is 170 Å². The molecule has 1 fully saturated rings. The summed E-state index contributed by atoms with van der Waals surface area (Å²) in [5.41, 5.74) is 3.13. The number of thiocarbonyl (C=S) groups is 2. The molecule has 0 radical (unpaired) electrons. The molecule has 72 heavy (non-hydrogen) atoms. The third-order valence-corrected chi connectivity index (χ3v) is 13.7. The molecule has 6 N–H and O–H groups in total. The number of carbonyl (C=O) groups excluding carboxylic acids is 4. The summed E-state index contributed by atoms with van der Waals surface area (Å²) in [7, 11) is 0. The summed E-state index contributed by atoms with van der Waals surface area (Å²) < 4.78 is 0. The van der Waals surface area contributed by atoms with Crippen LogP contribution < -0.4 is 10.6 Å². The van der Waals surface area contributed by atoms with Crippen LogP contribution in [0.15, 0.2) is 48.5 Å². The van der Waals surface area contributed by atoms with Gasteiger partial charge in [-0.25, -0.2) is 0 Å². The van der Waals surface area contributed by atoms with Crippen molar-refractivity contribution in [3.05, 3.63) is 65.2 Å². The van der Waals surface area contributed by atoms with Crippen molar-refractivity contribution >= 4 is 98.9 Å². The molecule has 2 aromatic carbocycles. The molecule has 2 aromatic rings. The number of anilines is 1. The van der Waals surface area contributed by atoms with Gasteiger partial charge in [0, 0.05) is 75.5 Å². The van der Waals surface area contributed by atoms with Crippen LogP contribution >= 0.6 is 36.2 Å². The highest BCUT2D eigenvalue weighted by atomic mass is 32.2. The first-order chi connectivity index (χ1) is 34.3. The molecule has 1 saturated heterocycles. The average molecular weight is 1060 g/mol. The van der Waals surface area contributed by atoms with Crippen molar-refractivity contribution in [2.24, 2.45) is 17.8 Å². The quantitative estimate of drug-likeness (QED) is 0.0271. The number of hydrogen-bond donors (Lipinski definition) is 6. The number of benzene rings is 2. The van der Waals surface area contributed by atoms with E-state index in [1.165, 1.54) is 11.8 Å². The smallest absolute Gasteiger partial charge is 0.317 e. The minimum Gasteiger partial charge on any atom is -0.481 e. The van der Waals surface area contributed by atoms with Gasteiger partial charge in [0.1, 0.15) is 5.78 Å². The minimum absolute atomic E-state index is 0.0532. The summed E-state index contributed by atoms with van der Waals surface area (Å²) in [6.45, 7) is 2.94. The summed E-state index contributed by atoms with van der Waals surface area (Å²) >= 11 is 12.2. The molecule has 1 aliphatic heterocycles. The molecule has 0 bridgehead atoms. The predicted octanol–water partition coefficient (Wildman–Crippen LogP) is 6.19. The largest absolute Gasteiger partial charge is 0.481 e. The Kier molecular flexibility index (Phi) is 28.7. The summed E-state index contributed by atoms with van der Waals surface area (Å²) in [5, 5.41) is 44.2. The van der Waals surface area contributed by atoms with Crippen molar-refractivity contribution < 1.29 is 58.8 Å². The molecule has 1 amide bonds. The second-order valence-electron chi connectivity index (χ2n) is 18.7. The lowest BCUT2D eigenvalue weighted by atomic mass is 9.93. The lowest BCUT2D eigenvalue weighted by Crippen LogP contribution is -2.45. The van der Waals surface area contributed by atoms with Gasteiger partial charge >= 0.3 is 23.9 Å². The number of amides is 1. The summed E-state index contributed by atoms with van der Waals surface area (Å²) in [6.07, 6.45) is 7.06. The van der Waals surface area contributed by atoms with Crippen molar-refractivity contribution in [1.29, 1.82) is 0 Å². The number of hydrogen-bond acceptors (Lipinski definition) is 14. The Morgan fingerprint density at radius 3 is 1.90 bits per heavy atom. The zero-order chi connectivity index (χ0) is 53.0. The number of ketones is 3. The molecule has 1 aliphatic rings.